The summed E-state index contributed by atoms with van der Waals surface area (Å²) in [5.74, 6) is 0.615. The monoisotopic (exact) mass is 402 g/mol. The summed E-state index contributed by atoms with van der Waals surface area (Å²) in [6.45, 7) is 1.79. The molecule has 1 aromatic heterocycles. The predicted molar refractivity (Wildman–Crippen MR) is 108 cm³/mol. The molecule has 0 spiro atoms. The number of hydrogen-bond acceptors (Lipinski definition) is 4. The van der Waals surface area contributed by atoms with Gasteiger partial charge in [0.2, 0.25) is 0 Å². The van der Waals surface area contributed by atoms with Gasteiger partial charge < -0.3 is 20.3 Å². The number of aromatic nitrogens is 1. The number of carbonyl (C=O) groups excluding carboxylic acids is 2. The van der Waals surface area contributed by atoms with Gasteiger partial charge in [0, 0.05) is 37.7 Å². The third-order valence-corrected chi connectivity index (χ3v) is 4.98. The van der Waals surface area contributed by atoms with Crippen LogP contribution in [0.3, 0.4) is 0 Å². The number of hydrogen-bond donors (Lipinski definition) is 2. The number of pyridine rings is 1. The summed E-state index contributed by atoms with van der Waals surface area (Å²) in [6, 6.07) is 8.40. The number of nitrogens with one attached hydrogen (secondary N) is 2. The number of urea groups is 1. The van der Waals surface area contributed by atoms with Crippen LogP contribution in [-0.2, 0) is 0 Å². The molecule has 1 aromatic carbocycles. The van der Waals surface area contributed by atoms with Gasteiger partial charge in [-0.2, -0.15) is 0 Å². The molecule has 3 rings (SSSR count). The molecule has 0 radical (unpaired) electrons. The minimum Gasteiger partial charge on any atom is -0.495 e. The second-order valence-electron chi connectivity index (χ2n) is 6.69. The smallest absolute Gasteiger partial charge is 0.321 e. The van der Waals surface area contributed by atoms with Gasteiger partial charge in [0.1, 0.15) is 5.75 Å². The van der Waals surface area contributed by atoms with E-state index in [0.717, 1.165) is 12.8 Å². The number of nitrogens with zero attached hydrogens (tertiary/aromatic N) is 2. The Kier molecular flexibility index (Phi) is 6.71. The summed E-state index contributed by atoms with van der Waals surface area (Å²) in [5, 5.41) is 6.24. The zero-order valence-electron chi connectivity index (χ0n) is 15.7. The zero-order valence-corrected chi connectivity index (χ0v) is 16.4. The van der Waals surface area contributed by atoms with Crippen molar-refractivity contribution in [2.24, 2.45) is 5.92 Å². The summed E-state index contributed by atoms with van der Waals surface area (Å²) in [5.41, 5.74) is 1.15. The summed E-state index contributed by atoms with van der Waals surface area (Å²) in [4.78, 5) is 30.5. The van der Waals surface area contributed by atoms with E-state index < -0.39 is 0 Å². The fourth-order valence-electron chi connectivity index (χ4n) is 3.20. The first kappa shape index (κ1) is 19.9. The van der Waals surface area contributed by atoms with Gasteiger partial charge in [-0.1, -0.05) is 11.6 Å². The molecule has 28 heavy (non-hydrogen) atoms. The molecule has 2 heterocycles. The Morgan fingerprint density at radius 3 is 2.93 bits per heavy atom. The van der Waals surface area contributed by atoms with Crippen molar-refractivity contribution in [1.82, 2.24) is 15.2 Å². The Bertz CT molecular complexity index is 831. The van der Waals surface area contributed by atoms with Crippen LogP contribution in [-0.4, -0.2) is 48.6 Å². The van der Waals surface area contributed by atoms with Crippen LogP contribution in [0.15, 0.2) is 42.7 Å². The molecule has 0 bridgehead atoms. The standard InChI is InChI=1S/C20H23ClN4O3/c1-28-18-7-6-16(10-17(18)21)24-20(27)25-9-3-4-14(13-25)11-23-19(26)15-5-2-8-22-12-15/h2,5-8,10,12,14H,3-4,9,11,13H2,1H3,(H,23,26)(H,24,27)/t14-/m0/s1. The summed E-state index contributed by atoms with van der Waals surface area (Å²) < 4.78 is 5.12. The van der Waals surface area contributed by atoms with Crippen molar-refractivity contribution in [3.63, 3.8) is 0 Å². The van der Waals surface area contributed by atoms with Crippen LogP contribution in [0.5, 0.6) is 5.75 Å². The molecule has 1 fully saturated rings. The second-order valence-corrected chi connectivity index (χ2v) is 7.09. The van der Waals surface area contributed by atoms with E-state index in [9.17, 15) is 9.59 Å². The Balaban J connectivity index is 1.52. The molecule has 0 saturated carbocycles. The van der Waals surface area contributed by atoms with Gasteiger partial charge in [0.05, 0.1) is 17.7 Å². The highest BCUT2D eigenvalue weighted by Gasteiger charge is 2.24. The molecule has 1 aliphatic rings. The number of halogens is 1. The molecule has 7 nitrogen and oxygen atoms in total. The first-order valence-corrected chi connectivity index (χ1v) is 9.52. The van der Waals surface area contributed by atoms with Gasteiger partial charge in [-0.15, -0.1) is 0 Å². The van der Waals surface area contributed by atoms with E-state index in [4.69, 9.17) is 16.3 Å². The number of piperidine rings is 1. The van der Waals surface area contributed by atoms with Gasteiger partial charge in [-0.05, 0) is 49.1 Å². The lowest BCUT2D eigenvalue weighted by molar-refractivity contribution is 0.0938. The molecule has 1 atom stereocenters. The fourth-order valence-corrected chi connectivity index (χ4v) is 3.46. The molecule has 2 N–H and O–H groups in total. The SMILES string of the molecule is COc1ccc(NC(=O)N2CCC[C@@H](CNC(=O)c3cccnc3)C2)cc1Cl. The summed E-state index contributed by atoms with van der Waals surface area (Å²) in [7, 11) is 1.54. The first-order chi connectivity index (χ1) is 13.6. The van der Waals surface area contributed by atoms with Crippen molar-refractivity contribution >= 4 is 29.2 Å². The van der Waals surface area contributed by atoms with Crippen LogP contribution in [0.25, 0.3) is 0 Å². The third kappa shape index (κ3) is 5.13. The quantitative estimate of drug-likeness (QED) is 0.802. The minimum absolute atomic E-state index is 0.150. The van der Waals surface area contributed by atoms with Crippen molar-refractivity contribution in [2.45, 2.75) is 12.8 Å². The van der Waals surface area contributed by atoms with Crippen LogP contribution in [0.1, 0.15) is 23.2 Å². The topological polar surface area (TPSA) is 83.6 Å². The number of rotatable bonds is 5. The van der Waals surface area contributed by atoms with Crippen LogP contribution in [0.2, 0.25) is 5.02 Å². The molecular formula is C20H23ClN4O3. The fraction of sp³-hybridized carbons (Fsp3) is 0.350. The number of anilines is 1. The maximum absolute atomic E-state index is 12.6. The van der Waals surface area contributed by atoms with Crippen molar-refractivity contribution in [1.29, 1.82) is 0 Å². The number of likely N-dealkylation sites (tertiary alicyclic amines) is 1. The van der Waals surface area contributed by atoms with Gasteiger partial charge in [-0.25, -0.2) is 4.79 Å². The number of benzene rings is 1. The maximum atomic E-state index is 12.6. The van der Waals surface area contributed by atoms with Crippen LogP contribution in [0, 0.1) is 5.92 Å². The van der Waals surface area contributed by atoms with Crippen molar-refractivity contribution < 1.29 is 14.3 Å². The highest BCUT2D eigenvalue weighted by atomic mass is 35.5. The van der Waals surface area contributed by atoms with Crippen molar-refractivity contribution in [3.8, 4) is 5.75 Å². The molecule has 0 unspecified atom stereocenters. The largest absolute Gasteiger partial charge is 0.495 e. The Morgan fingerprint density at radius 2 is 2.21 bits per heavy atom. The molecule has 2 aromatic rings. The highest BCUT2D eigenvalue weighted by molar-refractivity contribution is 6.32. The molecule has 1 saturated heterocycles. The van der Waals surface area contributed by atoms with E-state index >= 15 is 0 Å². The normalized spacial score (nSPS) is 16.4. The Morgan fingerprint density at radius 1 is 1.36 bits per heavy atom. The molecule has 148 valence electrons. The van der Waals surface area contributed by atoms with Gasteiger partial charge in [0.15, 0.2) is 0 Å². The lowest BCUT2D eigenvalue weighted by Crippen LogP contribution is -2.45. The maximum Gasteiger partial charge on any atom is 0.321 e. The number of amides is 3. The average Bonchev–Trinajstić information content (AvgIpc) is 2.73. The van der Waals surface area contributed by atoms with E-state index in [0.29, 0.717) is 41.7 Å². The molecule has 8 heteroatoms. The highest BCUT2D eigenvalue weighted by Crippen LogP contribution is 2.27. The predicted octanol–water partition coefficient (Wildman–Crippen LogP) is 3.42. The van der Waals surface area contributed by atoms with E-state index in [1.54, 1.807) is 48.5 Å². The molecular weight excluding hydrogens is 380 g/mol. The van der Waals surface area contributed by atoms with Gasteiger partial charge >= 0.3 is 6.03 Å². The van der Waals surface area contributed by atoms with E-state index in [1.165, 1.54) is 6.20 Å². The van der Waals surface area contributed by atoms with E-state index in [1.807, 2.05) is 0 Å². The molecule has 3 amide bonds. The molecule has 1 aliphatic heterocycles. The van der Waals surface area contributed by atoms with Crippen molar-refractivity contribution in [3.05, 3.63) is 53.3 Å². The van der Waals surface area contributed by atoms with E-state index in [2.05, 4.69) is 15.6 Å². The van der Waals surface area contributed by atoms with E-state index in [-0.39, 0.29) is 17.9 Å². The lowest BCUT2D eigenvalue weighted by Gasteiger charge is -2.33. The Hall–Kier alpha value is -2.80. The Labute approximate surface area is 169 Å². The lowest BCUT2D eigenvalue weighted by atomic mass is 9.98. The average molecular weight is 403 g/mol. The third-order valence-electron chi connectivity index (χ3n) is 4.68. The number of methoxy groups -OCH3 is 1. The number of ether oxygens (including phenoxy) is 1. The van der Waals surface area contributed by atoms with Gasteiger partial charge in [-0.3, -0.25) is 9.78 Å². The van der Waals surface area contributed by atoms with Crippen LogP contribution in [0.4, 0.5) is 10.5 Å². The van der Waals surface area contributed by atoms with Crippen molar-refractivity contribution in [2.75, 3.05) is 32.1 Å². The summed E-state index contributed by atoms with van der Waals surface area (Å²) in [6.07, 6.45) is 5.02. The minimum atomic E-state index is -0.176. The van der Waals surface area contributed by atoms with Gasteiger partial charge in [0.25, 0.3) is 5.91 Å². The second kappa shape index (κ2) is 9.41. The van der Waals surface area contributed by atoms with Crippen LogP contribution < -0.4 is 15.4 Å². The zero-order chi connectivity index (χ0) is 19.9. The van der Waals surface area contributed by atoms with Crippen LogP contribution >= 0.6 is 11.6 Å². The summed E-state index contributed by atoms with van der Waals surface area (Å²) >= 11 is 6.11. The first-order valence-electron chi connectivity index (χ1n) is 9.14. The molecule has 0 aliphatic carbocycles. The number of carbonyl (C=O) groups is 2.